The van der Waals surface area contributed by atoms with Crippen molar-refractivity contribution < 1.29 is 0 Å². The molecule has 0 nitrogen and oxygen atoms in total. The Morgan fingerprint density at radius 1 is 0.750 bits per heavy atom. The first-order chi connectivity index (χ1) is 9.85. The topological polar surface area (TPSA) is 0 Å². The fourth-order valence-corrected chi connectivity index (χ4v) is 1.94. The normalized spacial score (nSPS) is 11.4. The Kier molecular flexibility index (Phi) is 15.4. The summed E-state index contributed by atoms with van der Waals surface area (Å²) in [6.07, 6.45) is 17.0. The summed E-state index contributed by atoms with van der Waals surface area (Å²) >= 11 is 0. The highest BCUT2D eigenvalue weighted by Gasteiger charge is 1.85. The van der Waals surface area contributed by atoms with Crippen LogP contribution in [-0.4, -0.2) is 6.71 Å². The van der Waals surface area contributed by atoms with Crippen LogP contribution in [0.1, 0.15) is 85.0 Å². The van der Waals surface area contributed by atoms with Gasteiger partial charge in [-0.05, 0) is 26.0 Å². The quantitative estimate of drug-likeness (QED) is 0.239. The number of hydrogen-bond acceptors (Lipinski definition) is 0. The van der Waals surface area contributed by atoms with Crippen LogP contribution in [0.5, 0.6) is 0 Å². The molecule has 0 saturated heterocycles. The zero-order valence-corrected chi connectivity index (χ0v) is 14.0. The average molecular weight is 272 g/mol. The van der Waals surface area contributed by atoms with Gasteiger partial charge in [-0.15, -0.1) is 12.2 Å². The fraction of sp³-hybridized carbons (Fsp3) is 0.684. The maximum absolute atomic E-state index is 3.41. The molecule has 0 aliphatic heterocycles. The van der Waals surface area contributed by atoms with Gasteiger partial charge in [0.05, 0.1) is 0 Å². The van der Waals surface area contributed by atoms with E-state index in [0.717, 1.165) is 6.42 Å². The van der Waals surface area contributed by atoms with E-state index >= 15 is 0 Å². The summed E-state index contributed by atoms with van der Waals surface area (Å²) in [5.41, 5.74) is 0. The highest BCUT2D eigenvalue weighted by atomic mass is 13.8. The summed E-state index contributed by atoms with van der Waals surface area (Å²) in [7, 11) is 0. The van der Waals surface area contributed by atoms with Crippen molar-refractivity contribution in [2.24, 2.45) is 0 Å². The van der Waals surface area contributed by atoms with Gasteiger partial charge in [0.1, 0.15) is 0 Å². The molecule has 1 radical (unpaired) electrons. The van der Waals surface area contributed by atoms with Crippen molar-refractivity contribution in [3.05, 3.63) is 24.1 Å². The third kappa shape index (κ3) is 13.5. The molecule has 0 saturated carbocycles. The molecule has 0 bridgehead atoms. The van der Waals surface area contributed by atoms with Gasteiger partial charge in [-0.2, -0.15) is 5.92 Å². The van der Waals surface area contributed by atoms with Gasteiger partial charge in [-0.1, -0.05) is 59.3 Å². The molecule has 0 aromatic rings. The second-order valence-corrected chi connectivity index (χ2v) is 5.44. The Labute approximate surface area is 128 Å². The molecule has 0 N–H and O–H groups in total. The van der Waals surface area contributed by atoms with Crippen molar-refractivity contribution in [3.8, 4) is 11.7 Å². The lowest BCUT2D eigenvalue weighted by atomic mass is 9.50. The maximum Gasteiger partial charge on any atom is 0.00495 e. The van der Waals surface area contributed by atoms with E-state index in [1.54, 1.807) is 0 Å². The van der Waals surface area contributed by atoms with Crippen LogP contribution in [0.15, 0.2) is 24.1 Å². The van der Waals surface area contributed by atoms with E-state index in [9.17, 15) is 0 Å². The number of allylic oxidation sites excluding steroid dienone is 2. The van der Waals surface area contributed by atoms with Crippen LogP contribution in [0.3, 0.4) is 0 Å². The minimum absolute atomic E-state index is 0.324. The molecule has 0 spiro atoms. The average Bonchev–Trinajstić information content (AvgIpc) is 2.47. The Bertz CT molecular complexity index is 285. The van der Waals surface area contributed by atoms with E-state index in [1.165, 1.54) is 57.8 Å². The molecule has 0 rings (SSSR count). The van der Waals surface area contributed by atoms with Crippen molar-refractivity contribution in [1.29, 1.82) is 0 Å². The Balaban J connectivity index is 4.22. The van der Waals surface area contributed by atoms with Crippen LogP contribution < -0.4 is 0 Å². The predicted molar refractivity (Wildman–Crippen MR) is 95.0 cm³/mol. The van der Waals surface area contributed by atoms with Crippen LogP contribution in [-0.2, 0) is 0 Å². The van der Waals surface area contributed by atoms with Gasteiger partial charge in [-0.3, -0.25) is 12.0 Å². The molecule has 0 amide bonds. The third-order valence-electron chi connectivity index (χ3n) is 3.31. The number of unbranched alkanes of at least 4 members (excludes halogenated alkanes) is 7. The molecule has 0 aliphatic carbocycles. The van der Waals surface area contributed by atoms with Gasteiger partial charge >= 0.3 is 0 Å². The monoisotopic (exact) mass is 272 g/mol. The molecule has 0 aromatic heterocycles. The second-order valence-electron chi connectivity index (χ2n) is 5.44. The molecule has 0 aliphatic rings. The van der Waals surface area contributed by atoms with E-state index in [2.05, 4.69) is 56.6 Å². The Hall–Kier alpha value is -0.895. The maximum atomic E-state index is 3.41. The smallest absolute Gasteiger partial charge is 0.00495 e. The molecule has 0 aromatic carbocycles. The first kappa shape index (κ1) is 19.1. The standard InChI is InChI=1S/C19H33B/c1-4-7-10-13-16-19-20(17-14-11-8-5-2)18-15-12-9-6-3/h14-15,17-18H,4-13H2,1-3H3/q-1/b17-14+,18-15+. The summed E-state index contributed by atoms with van der Waals surface area (Å²) in [6, 6.07) is 0. The number of rotatable bonds is 11. The lowest BCUT2D eigenvalue weighted by molar-refractivity contribution is 0.737. The molecule has 20 heavy (non-hydrogen) atoms. The van der Waals surface area contributed by atoms with E-state index in [-0.39, 0.29) is 0 Å². The molecule has 0 heterocycles. The Morgan fingerprint density at radius 2 is 1.30 bits per heavy atom. The predicted octanol–water partition coefficient (Wildman–Crippen LogP) is 6.18. The highest BCUT2D eigenvalue weighted by Crippen LogP contribution is 2.01. The van der Waals surface area contributed by atoms with E-state index in [4.69, 9.17) is 0 Å². The van der Waals surface area contributed by atoms with Crippen LogP contribution in [0.25, 0.3) is 0 Å². The Morgan fingerprint density at radius 3 is 1.80 bits per heavy atom. The van der Waals surface area contributed by atoms with Crippen LogP contribution >= 0.6 is 0 Å². The number of hydrogen-bond donors (Lipinski definition) is 0. The zero-order valence-electron chi connectivity index (χ0n) is 14.0. The van der Waals surface area contributed by atoms with Crippen LogP contribution in [0, 0.1) is 11.7 Å². The summed E-state index contributed by atoms with van der Waals surface area (Å²) in [5.74, 6) is 11.3. The lowest BCUT2D eigenvalue weighted by Gasteiger charge is -2.09. The first-order valence-corrected chi connectivity index (χ1v) is 8.66. The van der Waals surface area contributed by atoms with Crippen molar-refractivity contribution >= 4 is 6.71 Å². The molecule has 0 fully saturated rings. The minimum atomic E-state index is 0.324. The van der Waals surface area contributed by atoms with Gasteiger partial charge in [0.25, 0.3) is 0 Å². The van der Waals surface area contributed by atoms with Crippen molar-refractivity contribution in [2.45, 2.75) is 85.0 Å². The minimum Gasteiger partial charge on any atom is -0.342 e. The zero-order chi connectivity index (χ0) is 14.9. The largest absolute Gasteiger partial charge is 0.342 e. The third-order valence-corrected chi connectivity index (χ3v) is 3.31. The van der Waals surface area contributed by atoms with Gasteiger partial charge in [0, 0.05) is 6.42 Å². The molecule has 113 valence electrons. The summed E-state index contributed by atoms with van der Waals surface area (Å²) < 4.78 is 0. The summed E-state index contributed by atoms with van der Waals surface area (Å²) in [5, 5.41) is 0. The fourth-order valence-electron chi connectivity index (χ4n) is 1.94. The van der Waals surface area contributed by atoms with Crippen LogP contribution in [0.4, 0.5) is 0 Å². The molecule has 1 heteroatoms. The SMILES string of the molecule is CCCC/C=C/[B-](C#CCCCCC)/C=C/CCCC. The van der Waals surface area contributed by atoms with E-state index in [0.29, 0.717) is 6.71 Å². The van der Waals surface area contributed by atoms with Crippen molar-refractivity contribution in [3.63, 3.8) is 0 Å². The molecular weight excluding hydrogens is 239 g/mol. The highest BCUT2D eigenvalue weighted by molar-refractivity contribution is 6.77. The van der Waals surface area contributed by atoms with Crippen molar-refractivity contribution in [2.75, 3.05) is 0 Å². The van der Waals surface area contributed by atoms with Gasteiger partial charge in [0.15, 0.2) is 0 Å². The molecule has 0 atom stereocenters. The van der Waals surface area contributed by atoms with Gasteiger partial charge < -0.3 is 5.82 Å². The summed E-state index contributed by atoms with van der Waals surface area (Å²) in [4.78, 5) is 0. The molecule has 0 unspecified atom stereocenters. The van der Waals surface area contributed by atoms with Crippen LogP contribution in [0.2, 0.25) is 0 Å². The van der Waals surface area contributed by atoms with E-state index < -0.39 is 0 Å². The lowest BCUT2D eigenvalue weighted by Crippen LogP contribution is -2.02. The van der Waals surface area contributed by atoms with Crippen molar-refractivity contribution in [1.82, 2.24) is 0 Å². The van der Waals surface area contributed by atoms with E-state index in [1.807, 2.05) is 0 Å². The summed E-state index contributed by atoms with van der Waals surface area (Å²) in [6.45, 7) is 7.04. The second kappa shape index (κ2) is 16.2. The van der Waals surface area contributed by atoms with Gasteiger partial charge in [-0.25, -0.2) is 0 Å². The molecular formula is C19H33B-. The first-order valence-electron chi connectivity index (χ1n) is 8.66. The van der Waals surface area contributed by atoms with Gasteiger partial charge in [0.2, 0.25) is 0 Å².